The van der Waals surface area contributed by atoms with E-state index in [0.29, 0.717) is 6.54 Å². The molecule has 0 aromatic heterocycles. The normalized spacial score (nSPS) is 20.6. The maximum Gasteiger partial charge on any atom is 0.319 e. The smallest absolute Gasteiger partial charge is 0.319 e. The molecule has 1 saturated heterocycles. The second-order valence-electron chi connectivity index (χ2n) is 5.53. The van der Waals surface area contributed by atoms with Crippen molar-refractivity contribution >= 4 is 17.6 Å². The van der Waals surface area contributed by atoms with Gasteiger partial charge in [0.2, 0.25) is 5.91 Å². The summed E-state index contributed by atoms with van der Waals surface area (Å²) < 4.78 is 5.15. The fourth-order valence-electron chi connectivity index (χ4n) is 3.07. The quantitative estimate of drug-likeness (QED) is 0.644. The Labute approximate surface area is 135 Å². The third kappa shape index (κ3) is 2.97. The highest BCUT2D eigenvalue weighted by Gasteiger charge is 2.46. The molecule has 1 aliphatic heterocycles. The van der Waals surface area contributed by atoms with Crippen LogP contribution in [0.3, 0.4) is 0 Å². The fraction of sp³-hybridized carbons (Fsp3) is 0.263. The molecular weight excluding hydrogens is 290 g/mol. The number of carbonyl (C=O) groups is 2. The minimum atomic E-state index is -0.780. The molecular formula is C19H19NO3. The molecule has 1 heterocycles. The zero-order valence-corrected chi connectivity index (χ0v) is 13.0. The molecule has 1 amide bonds. The van der Waals surface area contributed by atoms with E-state index in [4.69, 9.17) is 4.74 Å². The third-order valence-corrected chi connectivity index (χ3v) is 4.15. The first-order valence-corrected chi connectivity index (χ1v) is 7.80. The van der Waals surface area contributed by atoms with Crippen molar-refractivity contribution in [3.05, 3.63) is 66.2 Å². The van der Waals surface area contributed by atoms with Gasteiger partial charge in [0.15, 0.2) is 0 Å². The van der Waals surface area contributed by atoms with Gasteiger partial charge in [-0.3, -0.25) is 9.59 Å². The topological polar surface area (TPSA) is 46.6 Å². The van der Waals surface area contributed by atoms with Gasteiger partial charge < -0.3 is 9.64 Å². The molecule has 0 aliphatic carbocycles. The molecule has 0 unspecified atom stereocenters. The summed E-state index contributed by atoms with van der Waals surface area (Å²) in [7, 11) is 0. The molecule has 1 aliphatic rings. The first kappa shape index (κ1) is 15.3. The van der Waals surface area contributed by atoms with E-state index < -0.39 is 11.9 Å². The Kier molecular flexibility index (Phi) is 4.42. The largest absolute Gasteiger partial charge is 0.465 e. The van der Waals surface area contributed by atoms with Crippen molar-refractivity contribution in [1.82, 2.24) is 0 Å². The number of amides is 1. The number of hydrogen-bond donors (Lipinski definition) is 0. The van der Waals surface area contributed by atoms with Gasteiger partial charge in [0.1, 0.15) is 5.92 Å². The lowest BCUT2D eigenvalue weighted by Crippen LogP contribution is -2.31. The van der Waals surface area contributed by atoms with E-state index in [1.165, 1.54) is 0 Å². The summed E-state index contributed by atoms with van der Waals surface area (Å²) in [6, 6.07) is 19.1. The molecule has 2 aromatic carbocycles. The van der Waals surface area contributed by atoms with Crippen LogP contribution in [-0.2, 0) is 14.3 Å². The zero-order chi connectivity index (χ0) is 16.2. The fourth-order valence-corrected chi connectivity index (χ4v) is 3.07. The van der Waals surface area contributed by atoms with Gasteiger partial charge in [-0.15, -0.1) is 0 Å². The molecule has 1 fully saturated rings. The number of esters is 1. The maximum atomic E-state index is 12.8. The maximum absolute atomic E-state index is 12.8. The van der Waals surface area contributed by atoms with Gasteiger partial charge in [-0.25, -0.2) is 0 Å². The second-order valence-corrected chi connectivity index (χ2v) is 5.53. The molecule has 3 rings (SSSR count). The van der Waals surface area contributed by atoms with Crippen LogP contribution in [0.15, 0.2) is 60.7 Å². The minimum absolute atomic E-state index is 0.191. The Morgan fingerprint density at radius 1 is 1.09 bits per heavy atom. The van der Waals surface area contributed by atoms with Crippen molar-refractivity contribution in [1.29, 1.82) is 0 Å². The predicted octanol–water partition coefficient (Wildman–Crippen LogP) is 3.00. The van der Waals surface area contributed by atoms with Crippen molar-refractivity contribution in [3.8, 4) is 0 Å². The van der Waals surface area contributed by atoms with Gasteiger partial charge in [0.05, 0.1) is 6.61 Å². The number of anilines is 1. The van der Waals surface area contributed by atoms with E-state index in [9.17, 15) is 9.59 Å². The van der Waals surface area contributed by atoms with E-state index in [1.807, 2.05) is 60.7 Å². The molecule has 118 valence electrons. The summed E-state index contributed by atoms with van der Waals surface area (Å²) in [6.45, 7) is 2.51. The minimum Gasteiger partial charge on any atom is -0.465 e. The predicted molar refractivity (Wildman–Crippen MR) is 88.1 cm³/mol. The molecule has 4 nitrogen and oxygen atoms in total. The Morgan fingerprint density at radius 2 is 1.70 bits per heavy atom. The summed E-state index contributed by atoms with van der Waals surface area (Å²) in [5, 5.41) is 0. The Hall–Kier alpha value is -2.62. The van der Waals surface area contributed by atoms with Crippen LogP contribution < -0.4 is 4.90 Å². The van der Waals surface area contributed by atoms with E-state index in [2.05, 4.69) is 0 Å². The highest BCUT2D eigenvalue weighted by atomic mass is 16.5. The van der Waals surface area contributed by atoms with E-state index in [1.54, 1.807) is 11.8 Å². The van der Waals surface area contributed by atoms with E-state index in [-0.39, 0.29) is 18.4 Å². The Bertz CT molecular complexity index is 684. The van der Waals surface area contributed by atoms with Crippen molar-refractivity contribution in [2.45, 2.75) is 12.8 Å². The summed E-state index contributed by atoms with van der Waals surface area (Å²) in [5.74, 6) is -1.60. The Morgan fingerprint density at radius 3 is 2.30 bits per heavy atom. The van der Waals surface area contributed by atoms with Crippen LogP contribution in [0.4, 0.5) is 5.69 Å². The molecule has 0 spiro atoms. The van der Waals surface area contributed by atoms with Gasteiger partial charge in [-0.05, 0) is 24.6 Å². The second kappa shape index (κ2) is 6.65. The number of benzene rings is 2. The monoisotopic (exact) mass is 309 g/mol. The molecule has 23 heavy (non-hydrogen) atoms. The van der Waals surface area contributed by atoms with Gasteiger partial charge in [0, 0.05) is 18.2 Å². The average molecular weight is 309 g/mol. The summed E-state index contributed by atoms with van der Waals surface area (Å²) in [4.78, 5) is 26.9. The van der Waals surface area contributed by atoms with Crippen LogP contribution in [-0.4, -0.2) is 25.0 Å². The van der Waals surface area contributed by atoms with Crippen LogP contribution in [0.1, 0.15) is 18.4 Å². The highest BCUT2D eigenvalue weighted by Crippen LogP contribution is 2.37. The van der Waals surface area contributed by atoms with Crippen molar-refractivity contribution < 1.29 is 14.3 Å². The van der Waals surface area contributed by atoms with Gasteiger partial charge in [-0.2, -0.15) is 0 Å². The molecule has 0 bridgehead atoms. The van der Waals surface area contributed by atoms with Crippen LogP contribution >= 0.6 is 0 Å². The number of rotatable bonds is 4. The van der Waals surface area contributed by atoms with Crippen LogP contribution in [0.25, 0.3) is 0 Å². The molecule has 0 saturated carbocycles. The lowest BCUT2D eigenvalue weighted by atomic mass is 9.89. The molecule has 0 N–H and O–H groups in total. The average Bonchev–Trinajstić information content (AvgIpc) is 2.94. The summed E-state index contributed by atoms with van der Waals surface area (Å²) in [6.07, 6.45) is 0. The third-order valence-electron chi connectivity index (χ3n) is 4.15. The molecule has 2 atom stereocenters. The number of hydrogen-bond acceptors (Lipinski definition) is 3. The van der Waals surface area contributed by atoms with Gasteiger partial charge >= 0.3 is 5.97 Å². The number of para-hydroxylation sites is 1. The molecule has 2 aromatic rings. The zero-order valence-electron chi connectivity index (χ0n) is 13.0. The Balaban J connectivity index is 1.96. The van der Waals surface area contributed by atoms with Crippen molar-refractivity contribution in [3.63, 3.8) is 0 Å². The SMILES string of the molecule is CCOC(=O)[C@@H]1C(=O)N(c2ccccc2)C[C@H]1c1ccccc1. The first-order chi connectivity index (χ1) is 11.2. The number of ether oxygens (including phenoxy) is 1. The lowest BCUT2D eigenvalue weighted by molar-refractivity contribution is -0.150. The van der Waals surface area contributed by atoms with Crippen LogP contribution in [0.2, 0.25) is 0 Å². The lowest BCUT2D eigenvalue weighted by Gasteiger charge is -2.16. The van der Waals surface area contributed by atoms with Crippen molar-refractivity contribution in [2.24, 2.45) is 5.92 Å². The number of nitrogens with zero attached hydrogens (tertiary/aromatic N) is 1. The van der Waals surface area contributed by atoms with E-state index >= 15 is 0 Å². The van der Waals surface area contributed by atoms with Crippen LogP contribution in [0, 0.1) is 5.92 Å². The molecule has 4 heteroatoms. The first-order valence-electron chi connectivity index (χ1n) is 7.80. The van der Waals surface area contributed by atoms with Gasteiger partial charge in [-0.1, -0.05) is 48.5 Å². The van der Waals surface area contributed by atoms with Crippen molar-refractivity contribution in [2.75, 3.05) is 18.1 Å². The summed E-state index contributed by atoms with van der Waals surface area (Å²) in [5.41, 5.74) is 1.79. The highest BCUT2D eigenvalue weighted by molar-refractivity contribution is 6.09. The number of carbonyl (C=O) groups excluding carboxylic acids is 2. The van der Waals surface area contributed by atoms with E-state index in [0.717, 1.165) is 11.3 Å². The summed E-state index contributed by atoms with van der Waals surface area (Å²) >= 11 is 0. The van der Waals surface area contributed by atoms with Gasteiger partial charge in [0.25, 0.3) is 0 Å². The van der Waals surface area contributed by atoms with Crippen LogP contribution in [0.5, 0.6) is 0 Å². The molecule has 0 radical (unpaired) electrons. The standard InChI is InChI=1S/C19H19NO3/c1-2-23-19(22)17-16(14-9-5-3-6-10-14)13-20(18(17)21)15-11-7-4-8-12-15/h3-12,16-17H,2,13H2,1H3/t16-,17-/m0/s1.